The molecule has 0 bridgehead atoms. The standard InChI is InChI=1S/C27H29N5O/c1-19-13-15-31(16-14-19)18-21-7-10-23(11-8-21)29-27(33)24-17-28-32(20(24)2)26-12-9-22-5-3-4-6-25(22)30-26/h3-12,17,19H,13-16,18H2,1-2H3,(H,29,33). The second-order valence-corrected chi connectivity index (χ2v) is 9.03. The number of aromatic nitrogens is 3. The lowest BCUT2D eigenvalue weighted by molar-refractivity contribution is 0.102. The van der Waals surface area contributed by atoms with Crippen molar-refractivity contribution in [3.8, 4) is 5.82 Å². The number of hydrogen-bond acceptors (Lipinski definition) is 4. The average Bonchev–Trinajstić information content (AvgIpc) is 3.23. The summed E-state index contributed by atoms with van der Waals surface area (Å²) in [5.41, 5.74) is 4.25. The van der Waals surface area contributed by atoms with Gasteiger partial charge in [0, 0.05) is 17.6 Å². The van der Waals surface area contributed by atoms with Crippen molar-refractivity contribution in [3.63, 3.8) is 0 Å². The molecule has 0 saturated carbocycles. The lowest BCUT2D eigenvalue weighted by Crippen LogP contribution is -2.32. The minimum Gasteiger partial charge on any atom is -0.322 e. The fourth-order valence-corrected chi connectivity index (χ4v) is 4.41. The molecule has 1 fully saturated rings. The second kappa shape index (κ2) is 9.16. The SMILES string of the molecule is Cc1c(C(=O)Nc2ccc(CN3CCC(C)CC3)cc2)cnn1-c1ccc2ccccc2n1. The van der Waals surface area contributed by atoms with Gasteiger partial charge in [0.15, 0.2) is 5.82 Å². The van der Waals surface area contributed by atoms with Gasteiger partial charge in [0.05, 0.1) is 23.0 Å². The third-order valence-corrected chi connectivity index (χ3v) is 6.55. The number of amides is 1. The van der Waals surface area contributed by atoms with Gasteiger partial charge in [-0.2, -0.15) is 5.10 Å². The molecule has 4 aromatic rings. The summed E-state index contributed by atoms with van der Waals surface area (Å²) >= 11 is 0. The summed E-state index contributed by atoms with van der Waals surface area (Å²) in [5, 5.41) is 8.50. The first kappa shape index (κ1) is 21.3. The summed E-state index contributed by atoms with van der Waals surface area (Å²) in [4.78, 5) is 20.1. The quantitative estimate of drug-likeness (QED) is 0.463. The zero-order valence-corrected chi connectivity index (χ0v) is 19.2. The Bertz CT molecular complexity index is 1270. The van der Waals surface area contributed by atoms with Crippen molar-refractivity contribution in [3.05, 3.63) is 83.7 Å². The Morgan fingerprint density at radius 3 is 2.58 bits per heavy atom. The molecule has 1 N–H and O–H groups in total. The maximum atomic E-state index is 12.9. The van der Waals surface area contributed by atoms with Crippen LogP contribution in [0.2, 0.25) is 0 Å². The van der Waals surface area contributed by atoms with E-state index in [1.165, 1.54) is 18.4 Å². The van der Waals surface area contributed by atoms with Crippen LogP contribution in [0.1, 0.15) is 41.4 Å². The third kappa shape index (κ3) is 4.66. The molecule has 0 unspecified atom stereocenters. The molecule has 5 rings (SSSR count). The molecule has 0 radical (unpaired) electrons. The lowest BCUT2D eigenvalue weighted by Gasteiger charge is -2.30. The first-order valence-electron chi connectivity index (χ1n) is 11.6. The summed E-state index contributed by atoms with van der Waals surface area (Å²) in [6.45, 7) is 7.51. The summed E-state index contributed by atoms with van der Waals surface area (Å²) in [7, 11) is 0. The van der Waals surface area contributed by atoms with Crippen molar-refractivity contribution < 1.29 is 4.79 Å². The van der Waals surface area contributed by atoms with E-state index in [1.54, 1.807) is 10.9 Å². The maximum Gasteiger partial charge on any atom is 0.259 e. The number of hydrogen-bond donors (Lipinski definition) is 1. The number of anilines is 1. The normalized spacial score (nSPS) is 15.1. The monoisotopic (exact) mass is 439 g/mol. The van der Waals surface area contributed by atoms with Gasteiger partial charge in [0.1, 0.15) is 0 Å². The highest BCUT2D eigenvalue weighted by Gasteiger charge is 2.17. The molecule has 1 aliphatic rings. The van der Waals surface area contributed by atoms with E-state index in [0.29, 0.717) is 11.4 Å². The molecule has 168 valence electrons. The number of rotatable bonds is 5. The highest BCUT2D eigenvalue weighted by Crippen LogP contribution is 2.21. The minimum absolute atomic E-state index is 0.169. The van der Waals surface area contributed by atoms with Crippen molar-refractivity contribution in [2.45, 2.75) is 33.2 Å². The first-order valence-corrected chi connectivity index (χ1v) is 11.6. The number of carbonyl (C=O) groups is 1. The summed E-state index contributed by atoms with van der Waals surface area (Å²) in [6, 6.07) is 20.1. The van der Waals surface area contributed by atoms with Gasteiger partial charge < -0.3 is 5.32 Å². The van der Waals surface area contributed by atoms with E-state index >= 15 is 0 Å². The van der Waals surface area contributed by atoms with Crippen molar-refractivity contribution in [1.82, 2.24) is 19.7 Å². The second-order valence-electron chi connectivity index (χ2n) is 9.03. The fourth-order valence-electron chi connectivity index (χ4n) is 4.41. The van der Waals surface area contributed by atoms with E-state index in [4.69, 9.17) is 0 Å². The Hall–Kier alpha value is -3.51. The van der Waals surface area contributed by atoms with Gasteiger partial charge in [0.2, 0.25) is 0 Å². The Morgan fingerprint density at radius 1 is 1.03 bits per heavy atom. The molecule has 0 spiro atoms. The van der Waals surface area contributed by atoms with Crippen LogP contribution in [0.4, 0.5) is 5.69 Å². The smallest absolute Gasteiger partial charge is 0.259 e. The molecule has 6 heteroatoms. The molecule has 1 amide bonds. The number of likely N-dealkylation sites (tertiary alicyclic amines) is 1. The fraction of sp³-hybridized carbons (Fsp3) is 0.296. The molecular weight excluding hydrogens is 410 g/mol. The van der Waals surface area contributed by atoms with Gasteiger partial charge in [-0.25, -0.2) is 9.67 Å². The van der Waals surface area contributed by atoms with Gasteiger partial charge >= 0.3 is 0 Å². The first-order chi connectivity index (χ1) is 16.1. The molecule has 33 heavy (non-hydrogen) atoms. The summed E-state index contributed by atoms with van der Waals surface area (Å²) in [5.74, 6) is 1.36. The largest absolute Gasteiger partial charge is 0.322 e. The molecule has 2 aromatic carbocycles. The number of piperidine rings is 1. The Morgan fingerprint density at radius 2 is 1.79 bits per heavy atom. The Labute approximate surface area is 194 Å². The van der Waals surface area contributed by atoms with Crippen LogP contribution in [0.3, 0.4) is 0 Å². The van der Waals surface area contributed by atoms with Crippen LogP contribution < -0.4 is 5.32 Å². The number of carbonyl (C=O) groups excluding carboxylic acids is 1. The van der Waals surface area contributed by atoms with Crippen molar-refractivity contribution in [1.29, 1.82) is 0 Å². The maximum absolute atomic E-state index is 12.9. The van der Waals surface area contributed by atoms with Crippen LogP contribution >= 0.6 is 0 Å². The number of nitrogens with one attached hydrogen (secondary N) is 1. The average molecular weight is 440 g/mol. The molecule has 2 aromatic heterocycles. The predicted molar refractivity (Wildman–Crippen MR) is 132 cm³/mol. The van der Waals surface area contributed by atoms with E-state index < -0.39 is 0 Å². The zero-order chi connectivity index (χ0) is 22.8. The van der Waals surface area contributed by atoms with Crippen LogP contribution in [-0.4, -0.2) is 38.7 Å². The highest BCUT2D eigenvalue weighted by atomic mass is 16.1. The Balaban J connectivity index is 1.27. The van der Waals surface area contributed by atoms with Crippen LogP contribution in [-0.2, 0) is 6.54 Å². The Kier molecular flexibility index (Phi) is 5.92. The lowest BCUT2D eigenvalue weighted by atomic mass is 9.99. The van der Waals surface area contributed by atoms with Crippen LogP contribution in [0.5, 0.6) is 0 Å². The zero-order valence-electron chi connectivity index (χ0n) is 19.2. The van der Waals surface area contributed by atoms with Gasteiger partial charge in [-0.15, -0.1) is 0 Å². The number of para-hydroxylation sites is 1. The molecule has 1 aliphatic heterocycles. The summed E-state index contributed by atoms with van der Waals surface area (Å²) < 4.78 is 1.71. The number of fused-ring (bicyclic) bond motifs is 1. The van der Waals surface area contributed by atoms with Crippen molar-refractivity contribution >= 4 is 22.5 Å². The summed E-state index contributed by atoms with van der Waals surface area (Å²) in [6.07, 6.45) is 4.15. The van der Waals surface area contributed by atoms with Gasteiger partial charge in [-0.3, -0.25) is 9.69 Å². The molecular formula is C27H29N5O. The van der Waals surface area contributed by atoms with E-state index in [9.17, 15) is 4.79 Å². The molecule has 1 saturated heterocycles. The topological polar surface area (TPSA) is 63.1 Å². The predicted octanol–water partition coefficient (Wildman–Crippen LogP) is 5.21. The molecule has 3 heterocycles. The molecule has 0 atom stereocenters. The number of pyridine rings is 1. The van der Waals surface area contributed by atoms with Crippen LogP contribution in [0.15, 0.2) is 66.9 Å². The molecule has 0 aliphatic carbocycles. The van der Waals surface area contributed by atoms with Crippen molar-refractivity contribution in [2.75, 3.05) is 18.4 Å². The van der Waals surface area contributed by atoms with E-state index in [1.807, 2.05) is 55.5 Å². The van der Waals surface area contributed by atoms with Gasteiger partial charge in [-0.05, 0) is 74.7 Å². The van der Waals surface area contributed by atoms with Gasteiger partial charge in [0.25, 0.3) is 5.91 Å². The van der Waals surface area contributed by atoms with E-state index in [-0.39, 0.29) is 5.91 Å². The minimum atomic E-state index is -0.169. The van der Waals surface area contributed by atoms with Crippen LogP contribution in [0, 0.1) is 12.8 Å². The van der Waals surface area contributed by atoms with E-state index in [2.05, 4.69) is 39.4 Å². The van der Waals surface area contributed by atoms with E-state index in [0.717, 1.165) is 47.8 Å². The van der Waals surface area contributed by atoms with Crippen molar-refractivity contribution in [2.24, 2.45) is 5.92 Å². The number of benzene rings is 2. The third-order valence-electron chi connectivity index (χ3n) is 6.55. The van der Waals surface area contributed by atoms with Crippen LogP contribution in [0.25, 0.3) is 16.7 Å². The number of nitrogens with zero attached hydrogens (tertiary/aromatic N) is 4. The van der Waals surface area contributed by atoms with Gasteiger partial charge in [-0.1, -0.05) is 37.3 Å². The molecule has 6 nitrogen and oxygen atoms in total. The highest BCUT2D eigenvalue weighted by molar-refractivity contribution is 6.05.